The lowest BCUT2D eigenvalue weighted by atomic mass is 9.88. The van der Waals surface area contributed by atoms with E-state index in [2.05, 4.69) is 4.98 Å². The number of aromatic nitrogens is 1. The van der Waals surface area contributed by atoms with E-state index in [1.807, 2.05) is 34.6 Å². The van der Waals surface area contributed by atoms with Gasteiger partial charge >= 0.3 is 5.97 Å². The number of aromatic carboxylic acids is 1. The zero-order valence-corrected chi connectivity index (χ0v) is 11.8. The summed E-state index contributed by atoms with van der Waals surface area (Å²) < 4.78 is 0. The molecule has 5 heteroatoms. The van der Waals surface area contributed by atoms with Gasteiger partial charge in [0.25, 0.3) is 0 Å². The molecular formula is C12H20N2O2S. The van der Waals surface area contributed by atoms with Gasteiger partial charge in [0.05, 0.1) is 11.7 Å². The van der Waals surface area contributed by atoms with Gasteiger partial charge in [0.1, 0.15) is 9.88 Å². The summed E-state index contributed by atoms with van der Waals surface area (Å²) >= 11 is 1.20. The van der Waals surface area contributed by atoms with Gasteiger partial charge in [-0.15, -0.1) is 11.3 Å². The second kappa shape index (κ2) is 4.74. The van der Waals surface area contributed by atoms with Crippen molar-refractivity contribution in [3.63, 3.8) is 0 Å². The van der Waals surface area contributed by atoms with Gasteiger partial charge in [-0.25, -0.2) is 9.78 Å². The number of carboxylic acids is 1. The molecule has 4 nitrogen and oxygen atoms in total. The third-order valence-electron chi connectivity index (χ3n) is 2.61. The van der Waals surface area contributed by atoms with Crippen LogP contribution in [0.5, 0.6) is 0 Å². The molecule has 0 aromatic carbocycles. The standard InChI is InChI=1S/C12H20N2O2S/c1-6(2)7-8(11(15)16)17-10(14-7)9(13)12(3,4)5/h6,9H,13H2,1-5H3,(H,15,16). The van der Waals surface area contributed by atoms with Gasteiger partial charge in [0, 0.05) is 0 Å². The fraction of sp³-hybridized carbons (Fsp3) is 0.667. The maximum Gasteiger partial charge on any atom is 0.347 e. The Hall–Kier alpha value is -0.940. The lowest BCUT2D eigenvalue weighted by Crippen LogP contribution is -2.26. The summed E-state index contributed by atoms with van der Waals surface area (Å²) in [5.74, 6) is -0.822. The molecule has 0 saturated heterocycles. The third kappa shape index (κ3) is 3.04. The highest BCUT2D eigenvalue weighted by atomic mass is 32.1. The van der Waals surface area contributed by atoms with Crippen LogP contribution in [0.1, 0.15) is 67.0 Å². The first kappa shape index (κ1) is 14.1. The molecule has 1 atom stereocenters. The number of hydrogen-bond acceptors (Lipinski definition) is 4. The van der Waals surface area contributed by atoms with E-state index in [1.165, 1.54) is 11.3 Å². The van der Waals surface area contributed by atoms with E-state index in [9.17, 15) is 4.79 Å². The zero-order chi connectivity index (χ0) is 13.4. The molecule has 1 heterocycles. The third-order valence-corrected chi connectivity index (χ3v) is 3.75. The van der Waals surface area contributed by atoms with E-state index >= 15 is 0 Å². The maximum absolute atomic E-state index is 11.1. The van der Waals surface area contributed by atoms with Crippen molar-refractivity contribution in [2.45, 2.75) is 46.6 Å². The van der Waals surface area contributed by atoms with Crippen LogP contribution in [-0.2, 0) is 0 Å². The molecule has 0 amide bonds. The molecule has 1 rings (SSSR count). The fourth-order valence-corrected chi connectivity index (χ4v) is 2.70. The van der Waals surface area contributed by atoms with Gasteiger partial charge in [-0.3, -0.25) is 0 Å². The molecule has 0 aliphatic rings. The van der Waals surface area contributed by atoms with Crippen LogP contribution in [0.15, 0.2) is 0 Å². The average molecular weight is 256 g/mol. The number of rotatable bonds is 3. The van der Waals surface area contributed by atoms with Crippen molar-refractivity contribution in [2.75, 3.05) is 0 Å². The Balaban J connectivity index is 3.21. The topological polar surface area (TPSA) is 76.2 Å². The molecule has 0 aliphatic carbocycles. The summed E-state index contributed by atoms with van der Waals surface area (Å²) in [7, 11) is 0. The van der Waals surface area contributed by atoms with E-state index in [0.717, 1.165) is 0 Å². The van der Waals surface area contributed by atoms with Crippen LogP contribution in [0.4, 0.5) is 0 Å². The van der Waals surface area contributed by atoms with E-state index in [4.69, 9.17) is 10.8 Å². The Kier molecular flexibility index (Phi) is 3.94. The Morgan fingerprint density at radius 3 is 2.24 bits per heavy atom. The molecule has 0 spiro atoms. The van der Waals surface area contributed by atoms with Gasteiger partial charge < -0.3 is 10.8 Å². The minimum atomic E-state index is -0.918. The zero-order valence-electron chi connectivity index (χ0n) is 10.9. The summed E-state index contributed by atoms with van der Waals surface area (Å²) in [5.41, 5.74) is 6.62. The number of carbonyl (C=O) groups is 1. The van der Waals surface area contributed by atoms with Gasteiger partial charge in [0.15, 0.2) is 0 Å². The van der Waals surface area contributed by atoms with E-state index in [1.54, 1.807) is 0 Å². The van der Waals surface area contributed by atoms with E-state index in [0.29, 0.717) is 15.6 Å². The number of nitrogens with zero attached hydrogens (tertiary/aromatic N) is 1. The molecule has 0 saturated carbocycles. The minimum absolute atomic E-state index is 0.0956. The highest BCUT2D eigenvalue weighted by Crippen LogP contribution is 2.35. The lowest BCUT2D eigenvalue weighted by Gasteiger charge is -2.24. The molecule has 1 aromatic heterocycles. The van der Waals surface area contributed by atoms with Crippen molar-refractivity contribution in [3.8, 4) is 0 Å². The van der Waals surface area contributed by atoms with Crippen LogP contribution >= 0.6 is 11.3 Å². The van der Waals surface area contributed by atoms with Crippen molar-refractivity contribution in [2.24, 2.45) is 11.1 Å². The number of thiazole rings is 1. The normalized spacial score (nSPS) is 14.1. The number of carboxylic acid groups (broad SMARTS) is 1. The van der Waals surface area contributed by atoms with Crippen LogP contribution < -0.4 is 5.73 Å². The van der Waals surface area contributed by atoms with Crippen molar-refractivity contribution >= 4 is 17.3 Å². The molecule has 1 aromatic rings. The molecule has 0 fully saturated rings. The van der Waals surface area contributed by atoms with Crippen molar-refractivity contribution in [1.82, 2.24) is 4.98 Å². The summed E-state index contributed by atoms with van der Waals surface area (Å²) in [6.07, 6.45) is 0. The second-order valence-electron chi connectivity index (χ2n) is 5.57. The Morgan fingerprint density at radius 2 is 1.94 bits per heavy atom. The molecule has 17 heavy (non-hydrogen) atoms. The Labute approximate surface area is 106 Å². The van der Waals surface area contributed by atoms with Gasteiger partial charge in [-0.05, 0) is 11.3 Å². The summed E-state index contributed by atoms with van der Waals surface area (Å²) in [6.45, 7) is 9.94. The van der Waals surface area contributed by atoms with Crippen molar-refractivity contribution in [3.05, 3.63) is 15.6 Å². The summed E-state index contributed by atoms with van der Waals surface area (Å²) in [6, 6.07) is -0.238. The van der Waals surface area contributed by atoms with Crippen LogP contribution in [0, 0.1) is 5.41 Å². The highest BCUT2D eigenvalue weighted by Gasteiger charge is 2.28. The van der Waals surface area contributed by atoms with Crippen molar-refractivity contribution < 1.29 is 9.90 Å². The monoisotopic (exact) mass is 256 g/mol. The Bertz CT molecular complexity index is 419. The van der Waals surface area contributed by atoms with E-state index < -0.39 is 5.97 Å². The quantitative estimate of drug-likeness (QED) is 0.871. The predicted molar refractivity (Wildman–Crippen MR) is 69.5 cm³/mol. The molecule has 1 unspecified atom stereocenters. The second-order valence-corrected chi connectivity index (χ2v) is 6.60. The number of hydrogen-bond donors (Lipinski definition) is 2. The fourth-order valence-electron chi connectivity index (χ4n) is 1.40. The molecule has 0 bridgehead atoms. The van der Waals surface area contributed by atoms with Crippen molar-refractivity contribution in [1.29, 1.82) is 0 Å². The van der Waals surface area contributed by atoms with E-state index in [-0.39, 0.29) is 17.4 Å². The van der Waals surface area contributed by atoms with Crippen LogP contribution in [-0.4, -0.2) is 16.1 Å². The first-order valence-electron chi connectivity index (χ1n) is 5.64. The first-order valence-corrected chi connectivity index (χ1v) is 6.45. The SMILES string of the molecule is CC(C)c1nc(C(N)C(C)(C)C)sc1C(=O)O. The van der Waals surface area contributed by atoms with Gasteiger partial charge in [-0.2, -0.15) is 0 Å². The van der Waals surface area contributed by atoms with Gasteiger partial charge in [-0.1, -0.05) is 34.6 Å². The smallest absolute Gasteiger partial charge is 0.347 e. The summed E-state index contributed by atoms with van der Waals surface area (Å²) in [4.78, 5) is 15.9. The highest BCUT2D eigenvalue weighted by molar-refractivity contribution is 7.13. The molecule has 96 valence electrons. The average Bonchev–Trinajstić information content (AvgIpc) is 2.59. The molecule has 0 aliphatic heterocycles. The first-order chi connectivity index (χ1) is 7.64. The van der Waals surface area contributed by atoms with Crippen LogP contribution in [0.3, 0.4) is 0 Å². The maximum atomic E-state index is 11.1. The lowest BCUT2D eigenvalue weighted by molar-refractivity contribution is 0.0700. The van der Waals surface area contributed by atoms with Crippen LogP contribution in [0.25, 0.3) is 0 Å². The molecule has 3 N–H and O–H groups in total. The Morgan fingerprint density at radius 1 is 1.41 bits per heavy atom. The molecule has 0 radical (unpaired) electrons. The van der Waals surface area contributed by atoms with Gasteiger partial charge in [0.2, 0.25) is 0 Å². The van der Waals surface area contributed by atoms with Crippen LogP contribution in [0.2, 0.25) is 0 Å². The largest absolute Gasteiger partial charge is 0.477 e. The minimum Gasteiger partial charge on any atom is -0.477 e. The summed E-state index contributed by atoms with van der Waals surface area (Å²) in [5, 5.41) is 9.85. The number of nitrogens with two attached hydrogens (primary N) is 1. The predicted octanol–water partition coefficient (Wildman–Crippen LogP) is 3.01. The molecular weight excluding hydrogens is 236 g/mol.